The molecule has 0 saturated carbocycles. The van der Waals surface area contributed by atoms with Crippen LogP contribution in [0.2, 0.25) is 0 Å². The van der Waals surface area contributed by atoms with Gasteiger partial charge in [-0.2, -0.15) is 5.26 Å². The minimum Gasteiger partial charge on any atom is -0.198 e. The maximum atomic E-state index is 8.96. The summed E-state index contributed by atoms with van der Waals surface area (Å²) in [6.07, 6.45) is 5.88. The van der Waals surface area contributed by atoms with Gasteiger partial charge in [0, 0.05) is 5.92 Å². The van der Waals surface area contributed by atoms with Crippen molar-refractivity contribution in [1.82, 2.24) is 0 Å². The van der Waals surface area contributed by atoms with Gasteiger partial charge in [0.15, 0.2) is 0 Å². The molecule has 0 spiro atoms. The molecule has 1 heteroatoms. The zero-order valence-corrected chi connectivity index (χ0v) is 7.85. The standard InChI is InChI=1S/C13H11N/c1-2-10(9-14)13-8-7-11-5-3-4-6-12(11)13/h2-8,10,13H,1H2. The molecule has 2 rings (SSSR count). The summed E-state index contributed by atoms with van der Waals surface area (Å²) < 4.78 is 0. The first-order chi connectivity index (χ1) is 6.86. The average molecular weight is 181 g/mol. The fraction of sp³-hybridized carbons (Fsp3) is 0.154. The largest absolute Gasteiger partial charge is 0.198 e. The van der Waals surface area contributed by atoms with Crippen LogP contribution in [0.3, 0.4) is 0 Å². The highest BCUT2D eigenvalue weighted by molar-refractivity contribution is 5.63. The number of nitrogens with zero attached hydrogens (tertiary/aromatic N) is 1. The van der Waals surface area contributed by atoms with E-state index in [9.17, 15) is 0 Å². The molecule has 0 N–H and O–H groups in total. The molecule has 2 atom stereocenters. The summed E-state index contributed by atoms with van der Waals surface area (Å²) in [6.45, 7) is 3.69. The quantitative estimate of drug-likeness (QED) is 0.643. The van der Waals surface area contributed by atoms with Gasteiger partial charge in [-0.25, -0.2) is 0 Å². The van der Waals surface area contributed by atoms with E-state index in [1.807, 2.05) is 12.1 Å². The van der Waals surface area contributed by atoms with Gasteiger partial charge in [-0.1, -0.05) is 42.5 Å². The second-order valence-corrected chi connectivity index (χ2v) is 3.40. The summed E-state index contributed by atoms with van der Waals surface area (Å²) in [5.41, 5.74) is 2.46. The molecule has 14 heavy (non-hydrogen) atoms. The number of hydrogen-bond donors (Lipinski definition) is 0. The average Bonchev–Trinajstić information content (AvgIpc) is 2.65. The van der Waals surface area contributed by atoms with Crippen LogP contribution in [0.5, 0.6) is 0 Å². The van der Waals surface area contributed by atoms with E-state index in [-0.39, 0.29) is 11.8 Å². The molecule has 1 aromatic rings. The van der Waals surface area contributed by atoms with Crippen molar-refractivity contribution < 1.29 is 0 Å². The molecule has 68 valence electrons. The summed E-state index contributed by atoms with van der Waals surface area (Å²) in [5, 5.41) is 8.96. The van der Waals surface area contributed by atoms with E-state index >= 15 is 0 Å². The Kier molecular flexibility index (Phi) is 2.20. The highest BCUT2D eigenvalue weighted by atomic mass is 14.3. The minimum atomic E-state index is -0.116. The number of allylic oxidation sites excluding steroid dienone is 2. The highest BCUT2D eigenvalue weighted by Crippen LogP contribution is 2.35. The van der Waals surface area contributed by atoms with Crippen LogP contribution >= 0.6 is 0 Å². The Hall–Kier alpha value is -1.81. The minimum absolute atomic E-state index is 0.116. The molecule has 0 aliphatic heterocycles. The topological polar surface area (TPSA) is 23.8 Å². The van der Waals surface area contributed by atoms with Crippen molar-refractivity contribution in [3.05, 3.63) is 54.1 Å². The van der Waals surface area contributed by atoms with Crippen LogP contribution in [0.25, 0.3) is 6.08 Å². The molecular weight excluding hydrogens is 170 g/mol. The van der Waals surface area contributed by atoms with Crippen molar-refractivity contribution in [2.24, 2.45) is 5.92 Å². The van der Waals surface area contributed by atoms with Crippen molar-refractivity contribution in [2.45, 2.75) is 5.92 Å². The fourth-order valence-corrected chi connectivity index (χ4v) is 1.87. The van der Waals surface area contributed by atoms with E-state index in [1.54, 1.807) is 6.08 Å². The third-order valence-corrected chi connectivity index (χ3v) is 2.63. The number of benzene rings is 1. The third-order valence-electron chi connectivity index (χ3n) is 2.63. The van der Waals surface area contributed by atoms with Gasteiger partial charge in [0.05, 0.1) is 12.0 Å². The normalized spacial score (nSPS) is 19.8. The van der Waals surface area contributed by atoms with Crippen LogP contribution in [-0.2, 0) is 0 Å². The van der Waals surface area contributed by atoms with Crippen molar-refractivity contribution >= 4 is 6.08 Å². The Morgan fingerprint density at radius 3 is 2.93 bits per heavy atom. The molecule has 0 aromatic heterocycles. The van der Waals surface area contributed by atoms with Gasteiger partial charge in [-0.05, 0) is 11.1 Å². The molecule has 1 aliphatic carbocycles. The predicted molar refractivity (Wildman–Crippen MR) is 57.5 cm³/mol. The first-order valence-electron chi connectivity index (χ1n) is 4.66. The van der Waals surface area contributed by atoms with Crippen LogP contribution in [0.1, 0.15) is 17.0 Å². The van der Waals surface area contributed by atoms with Crippen LogP contribution in [-0.4, -0.2) is 0 Å². The predicted octanol–water partition coefficient (Wildman–Crippen LogP) is 3.12. The van der Waals surface area contributed by atoms with Crippen molar-refractivity contribution in [2.75, 3.05) is 0 Å². The highest BCUT2D eigenvalue weighted by Gasteiger charge is 2.23. The zero-order chi connectivity index (χ0) is 9.97. The summed E-state index contributed by atoms with van der Waals surface area (Å²) in [6, 6.07) is 10.4. The van der Waals surface area contributed by atoms with Gasteiger partial charge >= 0.3 is 0 Å². The summed E-state index contributed by atoms with van der Waals surface area (Å²) in [5.74, 6) is 0.0728. The fourth-order valence-electron chi connectivity index (χ4n) is 1.87. The third kappa shape index (κ3) is 1.25. The number of rotatable bonds is 2. The summed E-state index contributed by atoms with van der Waals surface area (Å²) in [4.78, 5) is 0. The lowest BCUT2D eigenvalue weighted by Crippen LogP contribution is -2.04. The molecule has 0 amide bonds. The molecule has 0 heterocycles. The molecule has 2 unspecified atom stereocenters. The maximum Gasteiger partial charge on any atom is 0.0744 e. The molecule has 0 fully saturated rings. The van der Waals surface area contributed by atoms with Crippen LogP contribution in [0.4, 0.5) is 0 Å². The Morgan fingerprint density at radius 2 is 2.21 bits per heavy atom. The van der Waals surface area contributed by atoms with E-state index in [1.165, 1.54) is 11.1 Å². The maximum absolute atomic E-state index is 8.96. The SMILES string of the molecule is C=CC(C#N)C1C=Cc2ccccc21. The van der Waals surface area contributed by atoms with Crippen molar-refractivity contribution in [3.63, 3.8) is 0 Å². The second-order valence-electron chi connectivity index (χ2n) is 3.40. The number of fused-ring (bicyclic) bond motifs is 1. The van der Waals surface area contributed by atoms with Gasteiger partial charge in [0.25, 0.3) is 0 Å². The first kappa shape index (κ1) is 8.77. The molecule has 1 aliphatic rings. The first-order valence-corrected chi connectivity index (χ1v) is 4.66. The van der Waals surface area contributed by atoms with Gasteiger partial charge in [-0.3, -0.25) is 0 Å². The van der Waals surface area contributed by atoms with Gasteiger partial charge in [0.2, 0.25) is 0 Å². The summed E-state index contributed by atoms with van der Waals surface area (Å²) >= 11 is 0. The molecule has 0 radical (unpaired) electrons. The Labute approximate surface area is 84.0 Å². The molecule has 0 bridgehead atoms. The molecule has 1 nitrogen and oxygen atoms in total. The lowest BCUT2D eigenvalue weighted by Gasteiger charge is -2.12. The lowest BCUT2D eigenvalue weighted by atomic mass is 9.89. The number of nitriles is 1. The molecule has 1 aromatic carbocycles. The number of hydrogen-bond acceptors (Lipinski definition) is 1. The van der Waals surface area contributed by atoms with Crippen LogP contribution in [0.15, 0.2) is 43.0 Å². The molecule has 0 saturated heterocycles. The Morgan fingerprint density at radius 1 is 1.43 bits per heavy atom. The zero-order valence-electron chi connectivity index (χ0n) is 7.85. The van der Waals surface area contributed by atoms with E-state index < -0.39 is 0 Å². The monoisotopic (exact) mass is 181 g/mol. The van der Waals surface area contributed by atoms with Crippen LogP contribution < -0.4 is 0 Å². The molecular formula is C13H11N. The van der Waals surface area contributed by atoms with Crippen molar-refractivity contribution in [1.29, 1.82) is 5.26 Å². The van der Waals surface area contributed by atoms with Crippen molar-refractivity contribution in [3.8, 4) is 6.07 Å². The van der Waals surface area contributed by atoms with Crippen LogP contribution in [0, 0.1) is 17.2 Å². The smallest absolute Gasteiger partial charge is 0.0744 e. The lowest BCUT2D eigenvalue weighted by molar-refractivity contribution is 0.732. The van der Waals surface area contributed by atoms with E-state index in [2.05, 4.69) is 36.9 Å². The Bertz CT molecular complexity index is 423. The van der Waals surface area contributed by atoms with E-state index in [0.29, 0.717) is 0 Å². The van der Waals surface area contributed by atoms with Gasteiger partial charge in [0.1, 0.15) is 0 Å². The Balaban J connectivity index is 2.40. The summed E-state index contributed by atoms with van der Waals surface area (Å²) in [7, 11) is 0. The van der Waals surface area contributed by atoms with E-state index in [0.717, 1.165) is 0 Å². The van der Waals surface area contributed by atoms with E-state index in [4.69, 9.17) is 5.26 Å². The second kappa shape index (κ2) is 3.51. The van der Waals surface area contributed by atoms with Gasteiger partial charge in [-0.15, -0.1) is 6.58 Å². The van der Waals surface area contributed by atoms with Gasteiger partial charge < -0.3 is 0 Å².